The van der Waals surface area contributed by atoms with Crippen LogP contribution in [0, 0.1) is 22.9 Å². The Labute approximate surface area is 120 Å². The first-order chi connectivity index (χ1) is 8.75. The summed E-state index contributed by atoms with van der Waals surface area (Å²) in [5.74, 6) is 0.458. The molecule has 2 unspecified atom stereocenters. The number of nitrogens with zero attached hydrogens (tertiary/aromatic N) is 2. The first kappa shape index (κ1) is 14.5. The molecule has 0 saturated carbocycles. The maximum Gasteiger partial charge on any atom is 0.286 e. The summed E-state index contributed by atoms with van der Waals surface area (Å²) in [7, 11) is 0. The van der Waals surface area contributed by atoms with Crippen LogP contribution in [0.5, 0.6) is 0 Å². The number of ether oxygens (including phenoxy) is 1. The van der Waals surface area contributed by atoms with Crippen LogP contribution in [0.3, 0.4) is 0 Å². The Morgan fingerprint density at radius 3 is 2.82 bits per heavy atom. The van der Waals surface area contributed by atoms with E-state index in [1.165, 1.54) is 6.08 Å². The van der Waals surface area contributed by atoms with E-state index in [2.05, 4.69) is 25.8 Å². The lowest BCUT2D eigenvalue weighted by Crippen LogP contribution is -2.21. The van der Waals surface area contributed by atoms with Crippen LogP contribution >= 0.6 is 22.6 Å². The van der Waals surface area contributed by atoms with E-state index in [0.717, 1.165) is 12.8 Å². The van der Waals surface area contributed by atoms with Crippen LogP contribution in [0.15, 0.2) is 4.99 Å². The maximum atomic E-state index is 9.87. The molecule has 0 bridgehead atoms. The molecule has 0 heterocycles. The Kier molecular flexibility index (Phi) is 10.1. The van der Waals surface area contributed by atoms with Gasteiger partial charge in [-0.25, -0.2) is 9.79 Å². The summed E-state index contributed by atoms with van der Waals surface area (Å²) >= 11 is 1.68. The molecule has 0 aromatic heterocycles. The molecule has 0 fully saturated rings. The van der Waals surface area contributed by atoms with E-state index in [1.54, 1.807) is 28.8 Å². The van der Waals surface area contributed by atoms with Crippen LogP contribution in [0.25, 0.3) is 0 Å². The summed E-state index contributed by atoms with van der Waals surface area (Å²) in [6.45, 7) is 7.19. The van der Waals surface area contributed by atoms with Crippen molar-refractivity contribution in [3.63, 3.8) is 0 Å². The number of rotatable bonds is 7. The molecule has 0 aliphatic carbocycles. The standard InChI is InChI=1S/C11H18N2O2.CH3I/c1-10(4-5-13-9-14)6-11(2,3)7-15-8-12;1-2/h10H,4-7H2,1-3H3;1H3/i;1TD. The van der Waals surface area contributed by atoms with Crippen molar-refractivity contribution in [3.05, 3.63) is 0 Å². The number of hydrogen-bond donors (Lipinski definition) is 0. The third kappa shape index (κ3) is 13.3. The lowest BCUT2D eigenvalue weighted by Gasteiger charge is -2.25. The van der Waals surface area contributed by atoms with E-state index in [4.69, 9.17) is 12.7 Å². The normalized spacial score (nSPS) is 14.8. The van der Waals surface area contributed by atoms with Crippen LogP contribution in [0.2, 0.25) is 0 Å². The fourth-order valence-electron chi connectivity index (χ4n) is 1.66. The van der Waals surface area contributed by atoms with Crippen LogP contribution < -0.4 is 0 Å². The first-order valence-electron chi connectivity index (χ1n) is 6.43. The first-order valence-corrected chi connectivity index (χ1v) is 6.53. The molecule has 0 saturated heterocycles. The molecule has 0 rings (SSSR count). The molecule has 4 nitrogen and oxygen atoms in total. The fraction of sp³-hybridized carbons (Fsp3) is 0.833. The van der Waals surface area contributed by atoms with Crippen molar-refractivity contribution in [2.75, 3.05) is 18.0 Å². The quantitative estimate of drug-likeness (QED) is 0.231. The zero-order chi connectivity index (χ0) is 15.3. The van der Waals surface area contributed by atoms with Gasteiger partial charge in [0, 0.05) is 8.16 Å². The molecule has 0 spiro atoms. The largest absolute Gasteiger partial charge is 0.427 e. The highest BCUT2D eigenvalue weighted by atomic mass is 127. The van der Waals surface area contributed by atoms with Gasteiger partial charge in [0.25, 0.3) is 6.26 Å². The van der Waals surface area contributed by atoms with Gasteiger partial charge in [0.15, 0.2) is 0 Å². The smallest absolute Gasteiger partial charge is 0.286 e. The predicted octanol–water partition coefficient (Wildman–Crippen LogP) is 3.31. The topological polar surface area (TPSA) is 62.4 Å². The zero-order valence-electron chi connectivity index (χ0n) is 12.6. The Morgan fingerprint density at radius 2 is 2.35 bits per heavy atom. The molecule has 17 heavy (non-hydrogen) atoms. The van der Waals surface area contributed by atoms with Gasteiger partial charge in [-0.05, 0) is 23.6 Å². The van der Waals surface area contributed by atoms with Crippen molar-refractivity contribution in [1.82, 2.24) is 0 Å². The summed E-state index contributed by atoms with van der Waals surface area (Å²) in [5.41, 5.74) is -0.0138. The van der Waals surface area contributed by atoms with Gasteiger partial charge < -0.3 is 4.74 Å². The van der Waals surface area contributed by atoms with E-state index < -0.39 is 4.88 Å². The minimum Gasteiger partial charge on any atom is -0.427 e. The van der Waals surface area contributed by atoms with Crippen molar-refractivity contribution in [2.24, 2.45) is 16.3 Å². The van der Waals surface area contributed by atoms with Crippen LogP contribution in [0.1, 0.15) is 36.4 Å². The number of isocyanates is 1. The van der Waals surface area contributed by atoms with Crippen molar-refractivity contribution in [2.45, 2.75) is 33.6 Å². The Balaban J connectivity index is 0. The number of hydrogen-bond acceptors (Lipinski definition) is 4. The number of halogens is 1. The summed E-state index contributed by atoms with van der Waals surface area (Å²) in [5, 5.41) is 8.31. The second-order valence-corrected chi connectivity index (χ2v) is 4.62. The minimum atomic E-state index is -0.697. The molecule has 5 heteroatoms. The minimum absolute atomic E-state index is 0.0138. The molecular formula is C12H21IN2O2. The molecule has 98 valence electrons. The molecule has 0 N–H and O–H groups in total. The summed E-state index contributed by atoms with van der Waals surface area (Å²) in [6, 6.07) is 0. The Bertz CT molecular complexity index is 311. The summed E-state index contributed by atoms with van der Waals surface area (Å²) in [6.07, 6.45) is 5.02. The van der Waals surface area contributed by atoms with Gasteiger partial charge in [0.2, 0.25) is 6.08 Å². The maximum absolute atomic E-state index is 9.87. The summed E-state index contributed by atoms with van der Waals surface area (Å²) < 4.78 is 17.2. The second kappa shape index (κ2) is 11.9. The van der Waals surface area contributed by atoms with E-state index in [9.17, 15) is 4.79 Å². The van der Waals surface area contributed by atoms with Gasteiger partial charge in [-0.15, -0.1) is 0 Å². The van der Waals surface area contributed by atoms with Gasteiger partial charge in [-0.3, -0.25) is 0 Å². The predicted molar refractivity (Wildman–Crippen MR) is 76.7 cm³/mol. The van der Waals surface area contributed by atoms with Crippen LogP contribution in [0.4, 0.5) is 0 Å². The number of aliphatic imine (C=N–C) groups is 1. The van der Waals surface area contributed by atoms with Crippen molar-refractivity contribution >= 4 is 28.7 Å². The highest BCUT2D eigenvalue weighted by Crippen LogP contribution is 2.27. The number of nitriles is 1. The molecule has 0 aliphatic heterocycles. The highest BCUT2D eigenvalue weighted by molar-refractivity contribution is 14.1. The molecule has 0 radical (unpaired) electrons. The highest BCUT2D eigenvalue weighted by Gasteiger charge is 2.21. The van der Waals surface area contributed by atoms with Gasteiger partial charge in [0.1, 0.15) is 6.61 Å². The molecular weight excluding hydrogens is 331 g/mol. The van der Waals surface area contributed by atoms with Crippen molar-refractivity contribution < 1.29 is 12.3 Å². The average molecular weight is 355 g/mol. The molecule has 0 aromatic carbocycles. The third-order valence-electron chi connectivity index (χ3n) is 2.23. The molecule has 0 aliphatic rings. The van der Waals surface area contributed by atoms with Crippen LogP contribution in [-0.2, 0) is 9.53 Å². The van der Waals surface area contributed by atoms with Gasteiger partial charge in [0.05, 0.1) is 6.54 Å². The zero-order valence-corrected chi connectivity index (χ0v) is 12.7. The van der Waals surface area contributed by atoms with Gasteiger partial charge in [-0.1, -0.05) is 43.4 Å². The fourth-order valence-corrected chi connectivity index (χ4v) is 1.66. The van der Waals surface area contributed by atoms with E-state index in [0.29, 0.717) is 19.1 Å². The Morgan fingerprint density at radius 1 is 1.76 bits per heavy atom. The lowest BCUT2D eigenvalue weighted by molar-refractivity contribution is 0.124. The van der Waals surface area contributed by atoms with E-state index in [-0.39, 0.29) is 5.41 Å². The average Bonchev–Trinajstić information content (AvgIpc) is 2.25. The van der Waals surface area contributed by atoms with Crippen molar-refractivity contribution in [3.8, 4) is 6.26 Å². The lowest BCUT2D eigenvalue weighted by atomic mass is 9.83. The van der Waals surface area contributed by atoms with E-state index in [1.807, 2.05) is 0 Å². The van der Waals surface area contributed by atoms with Gasteiger partial charge >= 0.3 is 0 Å². The molecule has 2 atom stereocenters. The summed E-state index contributed by atoms with van der Waals surface area (Å²) in [4.78, 5) is 12.7. The van der Waals surface area contributed by atoms with Crippen LogP contribution in [-0.4, -0.2) is 24.1 Å². The molecule has 0 amide bonds. The third-order valence-corrected chi connectivity index (χ3v) is 2.23. The SMILES string of the molecule is CC(CCN=C=O)CC(C)(C)COC#N.[2H]C([3H])I. The van der Waals surface area contributed by atoms with Crippen molar-refractivity contribution in [1.29, 1.82) is 5.26 Å². The van der Waals surface area contributed by atoms with Gasteiger partial charge in [-0.2, -0.15) is 5.26 Å². The second-order valence-electron chi connectivity index (χ2n) is 4.62. The molecule has 0 aromatic rings. The Hall–Kier alpha value is -0.600. The number of alkyl halides is 1. The number of carbonyl (C=O) groups excluding carboxylic acids is 1. The van der Waals surface area contributed by atoms with E-state index >= 15 is 0 Å². The monoisotopic (exact) mass is 355 g/mol.